The number of amides is 1. The van der Waals surface area contributed by atoms with E-state index in [0.29, 0.717) is 32.3 Å². The summed E-state index contributed by atoms with van der Waals surface area (Å²) in [4.78, 5) is 16.7. The normalized spacial score (nSPS) is 16.8. The van der Waals surface area contributed by atoms with Gasteiger partial charge >= 0.3 is 0 Å². The number of anilines is 1. The molecule has 1 heterocycles. The molecule has 1 unspecified atom stereocenters. The van der Waals surface area contributed by atoms with Gasteiger partial charge in [-0.15, -0.1) is 0 Å². The Morgan fingerprint density at radius 2 is 1.92 bits per heavy atom. The molecule has 1 atom stereocenters. The highest BCUT2D eigenvalue weighted by molar-refractivity contribution is 5.77. The maximum atomic E-state index is 11.8. The van der Waals surface area contributed by atoms with Crippen molar-refractivity contribution in [2.45, 2.75) is 13.0 Å². The lowest BCUT2D eigenvalue weighted by atomic mass is 10.2. The Morgan fingerprint density at radius 3 is 2.58 bits per heavy atom. The zero-order valence-electron chi connectivity index (χ0n) is 14.8. The number of nitrogens with one attached hydrogen (secondary N) is 2. The Labute approximate surface area is 145 Å². The smallest absolute Gasteiger partial charge is 0.234 e. The van der Waals surface area contributed by atoms with E-state index in [1.807, 2.05) is 0 Å². The SMILES string of the molecule is COCCNCC(=O)NCC(C)N1CCN(c2ccccc2)CC1. The monoisotopic (exact) mass is 334 g/mol. The molecule has 1 aromatic carbocycles. The summed E-state index contributed by atoms with van der Waals surface area (Å²) in [5, 5.41) is 6.06. The largest absolute Gasteiger partial charge is 0.383 e. The molecule has 1 fully saturated rings. The van der Waals surface area contributed by atoms with Gasteiger partial charge in [-0.2, -0.15) is 0 Å². The molecule has 6 nitrogen and oxygen atoms in total. The Hall–Kier alpha value is -1.63. The van der Waals surface area contributed by atoms with Gasteiger partial charge in [-0.05, 0) is 19.1 Å². The first kappa shape index (κ1) is 18.7. The Kier molecular flexibility index (Phi) is 8.01. The van der Waals surface area contributed by atoms with E-state index in [1.165, 1.54) is 5.69 Å². The topological polar surface area (TPSA) is 56.8 Å². The second-order valence-corrected chi connectivity index (χ2v) is 6.18. The minimum atomic E-state index is 0.0425. The van der Waals surface area contributed by atoms with E-state index in [-0.39, 0.29) is 5.91 Å². The third-order valence-electron chi connectivity index (χ3n) is 4.42. The van der Waals surface area contributed by atoms with Crippen molar-refractivity contribution in [3.8, 4) is 0 Å². The second kappa shape index (κ2) is 10.3. The molecule has 0 aromatic heterocycles. The molecule has 0 aliphatic carbocycles. The van der Waals surface area contributed by atoms with Gasteiger partial charge in [0.05, 0.1) is 13.2 Å². The van der Waals surface area contributed by atoms with Gasteiger partial charge < -0.3 is 20.3 Å². The summed E-state index contributed by atoms with van der Waals surface area (Å²) < 4.78 is 4.94. The van der Waals surface area contributed by atoms with E-state index in [4.69, 9.17) is 4.74 Å². The lowest BCUT2D eigenvalue weighted by Gasteiger charge is -2.39. The summed E-state index contributed by atoms with van der Waals surface area (Å²) in [7, 11) is 1.65. The number of nitrogens with zero attached hydrogens (tertiary/aromatic N) is 2. The average molecular weight is 334 g/mol. The number of para-hydroxylation sites is 1. The zero-order valence-corrected chi connectivity index (χ0v) is 14.8. The highest BCUT2D eigenvalue weighted by Crippen LogP contribution is 2.16. The van der Waals surface area contributed by atoms with Crippen molar-refractivity contribution in [1.29, 1.82) is 0 Å². The molecule has 0 bridgehead atoms. The van der Waals surface area contributed by atoms with E-state index >= 15 is 0 Å². The molecule has 1 aromatic rings. The molecule has 0 radical (unpaired) electrons. The number of ether oxygens (including phenoxy) is 1. The van der Waals surface area contributed by atoms with Crippen LogP contribution in [0, 0.1) is 0 Å². The van der Waals surface area contributed by atoms with Gasteiger partial charge in [0.2, 0.25) is 5.91 Å². The average Bonchev–Trinajstić information content (AvgIpc) is 2.64. The third-order valence-corrected chi connectivity index (χ3v) is 4.42. The van der Waals surface area contributed by atoms with Crippen LogP contribution in [-0.4, -0.2) is 76.4 Å². The van der Waals surface area contributed by atoms with Crippen LogP contribution >= 0.6 is 0 Å². The van der Waals surface area contributed by atoms with Crippen LogP contribution in [0.1, 0.15) is 6.92 Å². The molecule has 0 spiro atoms. The summed E-state index contributed by atoms with van der Waals surface area (Å²) in [6.45, 7) is 8.64. The van der Waals surface area contributed by atoms with E-state index in [2.05, 4.69) is 57.7 Å². The number of hydrogen-bond acceptors (Lipinski definition) is 5. The Morgan fingerprint density at radius 1 is 1.21 bits per heavy atom. The molecule has 1 saturated heterocycles. The van der Waals surface area contributed by atoms with Gasteiger partial charge in [-0.1, -0.05) is 18.2 Å². The van der Waals surface area contributed by atoms with E-state index in [0.717, 1.165) is 26.2 Å². The first-order valence-electron chi connectivity index (χ1n) is 8.71. The van der Waals surface area contributed by atoms with Crippen LogP contribution in [0.25, 0.3) is 0 Å². The Balaban J connectivity index is 1.64. The molecule has 6 heteroatoms. The molecule has 24 heavy (non-hydrogen) atoms. The van der Waals surface area contributed by atoms with Gasteiger partial charge in [0.1, 0.15) is 0 Å². The van der Waals surface area contributed by atoms with E-state index < -0.39 is 0 Å². The highest BCUT2D eigenvalue weighted by atomic mass is 16.5. The fourth-order valence-corrected chi connectivity index (χ4v) is 2.89. The van der Waals surface area contributed by atoms with Crippen LogP contribution in [0.5, 0.6) is 0 Å². The number of carbonyl (C=O) groups excluding carboxylic acids is 1. The summed E-state index contributed by atoms with van der Waals surface area (Å²) in [6.07, 6.45) is 0. The molecule has 1 amide bonds. The van der Waals surface area contributed by atoms with Crippen molar-refractivity contribution in [3.05, 3.63) is 30.3 Å². The summed E-state index contributed by atoms with van der Waals surface area (Å²) >= 11 is 0. The first-order valence-corrected chi connectivity index (χ1v) is 8.71. The van der Waals surface area contributed by atoms with Crippen LogP contribution in [-0.2, 0) is 9.53 Å². The summed E-state index contributed by atoms with van der Waals surface area (Å²) in [6, 6.07) is 10.9. The molecule has 0 saturated carbocycles. The lowest BCUT2D eigenvalue weighted by molar-refractivity contribution is -0.120. The second-order valence-electron chi connectivity index (χ2n) is 6.18. The van der Waals surface area contributed by atoms with Crippen molar-refractivity contribution in [3.63, 3.8) is 0 Å². The predicted molar refractivity (Wildman–Crippen MR) is 97.4 cm³/mol. The molecular formula is C18H30N4O2. The van der Waals surface area contributed by atoms with Gasteiger partial charge in [0.15, 0.2) is 0 Å². The van der Waals surface area contributed by atoms with Crippen LogP contribution < -0.4 is 15.5 Å². The summed E-state index contributed by atoms with van der Waals surface area (Å²) in [5.74, 6) is 0.0425. The summed E-state index contributed by atoms with van der Waals surface area (Å²) in [5.41, 5.74) is 1.29. The number of benzene rings is 1. The van der Waals surface area contributed by atoms with Crippen molar-refractivity contribution < 1.29 is 9.53 Å². The minimum absolute atomic E-state index is 0.0425. The fraction of sp³-hybridized carbons (Fsp3) is 0.611. The van der Waals surface area contributed by atoms with Crippen LogP contribution in [0.4, 0.5) is 5.69 Å². The van der Waals surface area contributed by atoms with Crippen LogP contribution in [0.2, 0.25) is 0 Å². The number of carbonyl (C=O) groups is 1. The number of methoxy groups -OCH3 is 1. The van der Waals surface area contributed by atoms with Crippen molar-refractivity contribution in [2.24, 2.45) is 0 Å². The molecule has 134 valence electrons. The quantitative estimate of drug-likeness (QED) is 0.646. The van der Waals surface area contributed by atoms with Gasteiger partial charge in [0, 0.05) is 58.1 Å². The van der Waals surface area contributed by atoms with Gasteiger partial charge in [-0.3, -0.25) is 9.69 Å². The minimum Gasteiger partial charge on any atom is -0.383 e. The maximum absolute atomic E-state index is 11.8. The molecule has 1 aliphatic rings. The van der Waals surface area contributed by atoms with Gasteiger partial charge in [-0.25, -0.2) is 0 Å². The van der Waals surface area contributed by atoms with Crippen molar-refractivity contribution in [1.82, 2.24) is 15.5 Å². The van der Waals surface area contributed by atoms with Crippen LogP contribution in [0.3, 0.4) is 0 Å². The zero-order chi connectivity index (χ0) is 17.2. The first-order chi connectivity index (χ1) is 11.7. The number of hydrogen-bond donors (Lipinski definition) is 2. The van der Waals surface area contributed by atoms with E-state index in [9.17, 15) is 4.79 Å². The lowest BCUT2D eigenvalue weighted by Crippen LogP contribution is -2.52. The predicted octanol–water partition coefficient (Wildman–Crippen LogP) is 0.549. The van der Waals surface area contributed by atoms with E-state index in [1.54, 1.807) is 7.11 Å². The molecule has 2 rings (SSSR count). The third kappa shape index (κ3) is 6.11. The highest BCUT2D eigenvalue weighted by Gasteiger charge is 2.21. The van der Waals surface area contributed by atoms with Gasteiger partial charge in [0.25, 0.3) is 0 Å². The standard InChI is InChI=1S/C18H30N4O2/c1-16(14-20-18(23)15-19-8-13-24-2)21-9-11-22(12-10-21)17-6-4-3-5-7-17/h3-7,16,19H,8-15H2,1-2H3,(H,20,23). The fourth-order valence-electron chi connectivity index (χ4n) is 2.89. The van der Waals surface area contributed by atoms with Crippen molar-refractivity contribution in [2.75, 3.05) is 64.4 Å². The van der Waals surface area contributed by atoms with Crippen LogP contribution in [0.15, 0.2) is 30.3 Å². The maximum Gasteiger partial charge on any atom is 0.234 e. The number of rotatable bonds is 9. The Bertz CT molecular complexity index is 475. The molecular weight excluding hydrogens is 304 g/mol. The molecule has 2 N–H and O–H groups in total. The number of piperazine rings is 1. The van der Waals surface area contributed by atoms with Crippen molar-refractivity contribution >= 4 is 11.6 Å². The molecule has 1 aliphatic heterocycles.